The lowest BCUT2D eigenvalue weighted by atomic mass is 10.1. The third-order valence-electron chi connectivity index (χ3n) is 3.43. The molecule has 0 radical (unpaired) electrons. The zero-order valence-electron chi connectivity index (χ0n) is 13.0. The largest absolute Gasteiger partial charge is 0.484 e. The van der Waals surface area contributed by atoms with Gasteiger partial charge in [-0.05, 0) is 56.2 Å². The van der Waals surface area contributed by atoms with Gasteiger partial charge in [0.1, 0.15) is 5.75 Å². The summed E-state index contributed by atoms with van der Waals surface area (Å²) >= 11 is 0. The van der Waals surface area contributed by atoms with E-state index in [4.69, 9.17) is 4.74 Å². The second-order valence-electron chi connectivity index (χ2n) is 5.18. The number of carbonyl (C=O) groups is 2. The molecule has 0 aliphatic carbocycles. The average Bonchev–Trinajstić information content (AvgIpc) is 2.49. The molecule has 0 saturated carbocycles. The first kappa shape index (κ1) is 15.8. The Morgan fingerprint density at radius 2 is 1.77 bits per heavy atom. The fourth-order valence-corrected chi connectivity index (χ4v) is 2.04. The molecule has 0 saturated heterocycles. The van der Waals surface area contributed by atoms with Gasteiger partial charge in [0.05, 0.1) is 5.69 Å². The van der Waals surface area contributed by atoms with Crippen LogP contribution < -0.4 is 10.1 Å². The molecule has 2 aromatic carbocycles. The van der Waals surface area contributed by atoms with E-state index in [0.717, 1.165) is 5.56 Å². The minimum absolute atomic E-state index is 0.0917. The van der Waals surface area contributed by atoms with Gasteiger partial charge < -0.3 is 10.1 Å². The summed E-state index contributed by atoms with van der Waals surface area (Å²) in [5.41, 5.74) is 3.28. The van der Waals surface area contributed by atoms with Gasteiger partial charge in [0.25, 0.3) is 5.91 Å². The Morgan fingerprint density at radius 3 is 2.45 bits per heavy atom. The van der Waals surface area contributed by atoms with Gasteiger partial charge in [-0.25, -0.2) is 0 Å². The number of para-hydroxylation sites is 1. The number of amides is 1. The summed E-state index contributed by atoms with van der Waals surface area (Å²) in [4.78, 5) is 23.5. The molecular formula is C18H19NO3. The highest BCUT2D eigenvalue weighted by Crippen LogP contribution is 2.17. The molecule has 0 bridgehead atoms. The van der Waals surface area contributed by atoms with Gasteiger partial charge in [-0.3, -0.25) is 9.59 Å². The van der Waals surface area contributed by atoms with Crippen LogP contribution in [0.15, 0.2) is 42.5 Å². The highest BCUT2D eigenvalue weighted by atomic mass is 16.5. The molecule has 22 heavy (non-hydrogen) atoms. The van der Waals surface area contributed by atoms with Gasteiger partial charge in [-0.2, -0.15) is 0 Å². The van der Waals surface area contributed by atoms with E-state index in [9.17, 15) is 9.59 Å². The lowest BCUT2D eigenvalue weighted by molar-refractivity contribution is -0.118. The van der Waals surface area contributed by atoms with Crippen LogP contribution in [-0.2, 0) is 4.79 Å². The van der Waals surface area contributed by atoms with Gasteiger partial charge in [0.15, 0.2) is 12.4 Å². The van der Waals surface area contributed by atoms with E-state index in [0.29, 0.717) is 17.0 Å². The van der Waals surface area contributed by atoms with Crippen molar-refractivity contribution in [3.63, 3.8) is 0 Å². The van der Waals surface area contributed by atoms with Crippen molar-refractivity contribution in [2.45, 2.75) is 20.8 Å². The zero-order chi connectivity index (χ0) is 16.1. The monoisotopic (exact) mass is 297 g/mol. The molecule has 1 N–H and O–H groups in total. The van der Waals surface area contributed by atoms with E-state index in [-0.39, 0.29) is 18.3 Å². The van der Waals surface area contributed by atoms with Gasteiger partial charge in [-0.15, -0.1) is 0 Å². The SMILES string of the molecule is CC(=O)c1ccccc1NC(=O)COc1ccc(C)c(C)c1. The van der Waals surface area contributed by atoms with Crippen LogP contribution in [0.3, 0.4) is 0 Å². The fraction of sp³-hybridized carbons (Fsp3) is 0.222. The summed E-state index contributed by atoms with van der Waals surface area (Å²) in [6, 6.07) is 12.6. The third kappa shape index (κ3) is 3.95. The third-order valence-corrected chi connectivity index (χ3v) is 3.43. The topological polar surface area (TPSA) is 55.4 Å². The Morgan fingerprint density at radius 1 is 1.05 bits per heavy atom. The number of carbonyl (C=O) groups excluding carboxylic acids is 2. The lowest BCUT2D eigenvalue weighted by Crippen LogP contribution is -2.21. The maximum absolute atomic E-state index is 12.0. The molecule has 0 atom stereocenters. The van der Waals surface area contributed by atoms with E-state index in [2.05, 4.69) is 5.32 Å². The quantitative estimate of drug-likeness (QED) is 0.859. The standard InChI is InChI=1S/C18H19NO3/c1-12-8-9-15(10-13(12)2)22-11-18(21)19-17-7-5-4-6-16(17)14(3)20/h4-10H,11H2,1-3H3,(H,19,21). The number of nitrogens with one attached hydrogen (secondary N) is 1. The van der Waals surface area contributed by atoms with Crippen LogP contribution in [0, 0.1) is 13.8 Å². The van der Waals surface area contributed by atoms with Crippen LogP contribution >= 0.6 is 0 Å². The van der Waals surface area contributed by atoms with Crippen LogP contribution in [0.5, 0.6) is 5.75 Å². The van der Waals surface area contributed by atoms with E-state index in [1.54, 1.807) is 24.3 Å². The van der Waals surface area contributed by atoms with Crippen molar-refractivity contribution in [3.05, 3.63) is 59.2 Å². The summed E-state index contributed by atoms with van der Waals surface area (Å²) in [5, 5.41) is 2.70. The maximum atomic E-state index is 12.0. The predicted octanol–water partition coefficient (Wildman–Crippen LogP) is 3.52. The second-order valence-corrected chi connectivity index (χ2v) is 5.18. The number of rotatable bonds is 5. The maximum Gasteiger partial charge on any atom is 0.262 e. The molecule has 1 amide bonds. The number of ether oxygens (including phenoxy) is 1. The van der Waals surface area contributed by atoms with Gasteiger partial charge in [0.2, 0.25) is 0 Å². The number of aryl methyl sites for hydroxylation is 2. The lowest BCUT2D eigenvalue weighted by Gasteiger charge is -2.11. The van der Waals surface area contributed by atoms with Crippen molar-refractivity contribution in [3.8, 4) is 5.75 Å². The molecule has 0 heterocycles. The molecule has 2 rings (SSSR count). The molecule has 4 nitrogen and oxygen atoms in total. The Labute approximate surface area is 130 Å². The molecule has 0 spiro atoms. The summed E-state index contributed by atoms with van der Waals surface area (Å²) in [7, 11) is 0. The summed E-state index contributed by atoms with van der Waals surface area (Å²) in [6.45, 7) is 5.38. The van der Waals surface area contributed by atoms with Gasteiger partial charge in [-0.1, -0.05) is 18.2 Å². The van der Waals surface area contributed by atoms with Crippen LogP contribution in [0.25, 0.3) is 0 Å². The van der Waals surface area contributed by atoms with Crippen molar-refractivity contribution in [1.82, 2.24) is 0 Å². The second kappa shape index (κ2) is 6.89. The highest BCUT2D eigenvalue weighted by molar-refractivity contribution is 6.03. The normalized spacial score (nSPS) is 10.1. The fourth-order valence-electron chi connectivity index (χ4n) is 2.04. The molecule has 2 aromatic rings. The molecule has 0 aliphatic heterocycles. The van der Waals surface area contributed by atoms with E-state index >= 15 is 0 Å². The highest BCUT2D eigenvalue weighted by Gasteiger charge is 2.10. The van der Waals surface area contributed by atoms with Crippen LogP contribution in [0.2, 0.25) is 0 Å². The molecule has 4 heteroatoms. The van der Waals surface area contributed by atoms with Crippen molar-refractivity contribution in [2.24, 2.45) is 0 Å². The number of hydrogen-bond donors (Lipinski definition) is 1. The Bertz CT molecular complexity index is 707. The Kier molecular flexibility index (Phi) is 4.94. The summed E-state index contributed by atoms with van der Waals surface area (Å²) in [5.74, 6) is 0.260. The molecule has 0 aliphatic rings. The molecule has 0 unspecified atom stereocenters. The molecule has 114 valence electrons. The van der Waals surface area contributed by atoms with Crippen LogP contribution in [-0.4, -0.2) is 18.3 Å². The number of anilines is 1. The van der Waals surface area contributed by atoms with E-state index in [1.807, 2.05) is 32.0 Å². The summed E-state index contributed by atoms with van der Waals surface area (Å²) < 4.78 is 5.48. The molecule has 0 aromatic heterocycles. The number of Topliss-reactive ketones (excluding diaryl/α,β-unsaturated/α-hetero) is 1. The van der Waals surface area contributed by atoms with Crippen molar-refractivity contribution >= 4 is 17.4 Å². The zero-order valence-corrected chi connectivity index (χ0v) is 13.0. The summed E-state index contributed by atoms with van der Waals surface area (Å²) in [6.07, 6.45) is 0. The number of ketones is 1. The van der Waals surface area contributed by atoms with Crippen molar-refractivity contribution in [2.75, 3.05) is 11.9 Å². The Hall–Kier alpha value is -2.62. The van der Waals surface area contributed by atoms with Crippen molar-refractivity contribution in [1.29, 1.82) is 0 Å². The average molecular weight is 297 g/mol. The number of benzene rings is 2. The number of hydrogen-bond acceptors (Lipinski definition) is 3. The first-order chi connectivity index (χ1) is 10.5. The predicted molar refractivity (Wildman–Crippen MR) is 86.5 cm³/mol. The first-order valence-corrected chi connectivity index (χ1v) is 7.07. The molecular weight excluding hydrogens is 278 g/mol. The van der Waals surface area contributed by atoms with Gasteiger partial charge in [0, 0.05) is 5.56 Å². The first-order valence-electron chi connectivity index (χ1n) is 7.07. The molecule has 0 fully saturated rings. The van der Waals surface area contributed by atoms with Crippen LogP contribution in [0.1, 0.15) is 28.4 Å². The smallest absolute Gasteiger partial charge is 0.262 e. The van der Waals surface area contributed by atoms with E-state index in [1.165, 1.54) is 12.5 Å². The van der Waals surface area contributed by atoms with Crippen molar-refractivity contribution < 1.29 is 14.3 Å². The van der Waals surface area contributed by atoms with Gasteiger partial charge >= 0.3 is 0 Å². The van der Waals surface area contributed by atoms with E-state index < -0.39 is 0 Å². The minimum atomic E-state index is -0.299. The minimum Gasteiger partial charge on any atom is -0.484 e. The Balaban J connectivity index is 1.99. The van der Waals surface area contributed by atoms with Crippen LogP contribution in [0.4, 0.5) is 5.69 Å².